The van der Waals surface area contributed by atoms with Crippen LogP contribution < -0.4 is 0 Å². The first-order valence-corrected chi connectivity index (χ1v) is 11.1. The Balaban J connectivity index is 1.57. The van der Waals surface area contributed by atoms with Crippen molar-refractivity contribution in [1.82, 2.24) is 0 Å². The van der Waals surface area contributed by atoms with Gasteiger partial charge in [0.25, 0.3) is 0 Å². The summed E-state index contributed by atoms with van der Waals surface area (Å²) < 4.78 is 13.0. The Morgan fingerprint density at radius 2 is 1.13 bits per heavy atom. The predicted molar refractivity (Wildman–Crippen MR) is 124 cm³/mol. The van der Waals surface area contributed by atoms with Gasteiger partial charge in [0, 0.05) is 16.7 Å². The molecule has 2 nitrogen and oxygen atoms in total. The Morgan fingerprint density at radius 3 is 1.87 bits per heavy atom. The van der Waals surface area contributed by atoms with Crippen LogP contribution in [0.3, 0.4) is 0 Å². The fourth-order valence-corrected chi connectivity index (χ4v) is 5.60. The molecule has 1 aliphatic rings. The zero-order chi connectivity index (χ0) is 19.9. The van der Waals surface area contributed by atoms with Crippen LogP contribution >= 0.6 is 8.01 Å². The summed E-state index contributed by atoms with van der Waals surface area (Å²) in [6, 6.07) is 31.3. The molecule has 0 saturated heterocycles. The van der Waals surface area contributed by atoms with E-state index in [9.17, 15) is 0 Å². The van der Waals surface area contributed by atoms with Crippen molar-refractivity contribution in [2.24, 2.45) is 0 Å². The van der Waals surface area contributed by atoms with E-state index in [1.165, 1.54) is 16.3 Å². The molecular formula is C27H18O2P. The largest absolute Gasteiger partial charge is 0.419 e. The maximum Gasteiger partial charge on any atom is 0.226 e. The molecule has 1 aliphatic carbocycles. The number of hydrogen-bond acceptors (Lipinski definition) is 2. The molecule has 0 bridgehead atoms. The predicted octanol–water partition coefficient (Wildman–Crippen LogP) is 8.07. The Bertz CT molecular complexity index is 1340. The molecular weight excluding hydrogens is 387 g/mol. The van der Waals surface area contributed by atoms with Crippen LogP contribution in [0, 0.1) is 30.8 Å². The highest BCUT2D eigenvalue weighted by molar-refractivity contribution is 7.42. The summed E-state index contributed by atoms with van der Waals surface area (Å²) in [4.78, 5) is 0. The second kappa shape index (κ2) is 7.38. The summed E-state index contributed by atoms with van der Waals surface area (Å²) in [7, 11) is -1.33. The molecule has 1 aromatic heterocycles. The summed E-state index contributed by atoms with van der Waals surface area (Å²) >= 11 is 0. The van der Waals surface area contributed by atoms with Crippen molar-refractivity contribution in [1.29, 1.82) is 0 Å². The van der Waals surface area contributed by atoms with Crippen molar-refractivity contribution in [3.63, 3.8) is 0 Å². The van der Waals surface area contributed by atoms with Crippen LogP contribution in [0.15, 0.2) is 99.4 Å². The Morgan fingerprint density at radius 1 is 0.533 bits per heavy atom. The first-order valence-electron chi connectivity index (χ1n) is 9.97. The highest BCUT2D eigenvalue weighted by atomic mass is 31.1. The van der Waals surface area contributed by atoms with Gasteiger partial charge in [-0.1, -0.05) is 78.9 Å². The van der Waals surface area contributed by atoms with Gasteiger partial charge in [0.15, 0.2) is 0 Å². The highest BCUT2D eigenvalue weighted by Gasteiger charge is 2.36. The maximum atomic E-state index is 6.50. The van der Waals surface area contributed by atoms with E-state index in [1.807, 2.05) is 36.4 Å². The van der Waals surface area contributed by atoms with Gasteiger partial charge in [-0.3, -0.25) is 0 Å². The van der Waals surface area contributed by atoms with Crippen LogP contribution in [0.25, 0.3) is 32.7 Å². The molecule has 1 saturated carbocycles. The van der Waals surface area contributed by atoms with E-state index in [-0.39, 0.29) is 0 Å². The van der Waals surface area contributed by atoms with Crippen LogP contribution in [0.2, 0.25) is 0 Å². The van der Waals surface area contributed by atoms with Crippen molar-refractivity contribution < 1.29 is 8.39 Å². The van der Waals surface area contributed by atoms with Gasteiger partial charge in [0.05, 0.1) is 0 Å². The topological polar surface area (TPSA) is 26.3 Å². The normalized spacial score (nSPS) is 15.3. The minimum Gasteiger partial charge on any atom is -0.419 e. The summed E-state index contributed by atoms with van der Waals surface area (Å²) in [6.07, 6.45) is 6.37. The SMILES string of the molecule is [CH]1[CH][C](c2cccc3ccccc23)[C](p2oc3ccccc3c3ccccc3o2)[CH]1. The van der Waals surface area contributed by atoms with E-state index < -0.39 is 8.01 Å². The van der Waals surface area contributed by atoms with Crippen molar-refractivity contribution in [3.05, 3.63) is 127 Å². The van der Waals surface area contributed by atoms with Crippen molar-refractivity contribution >= 4 is 40.7 Å². The maximum absolute atomic E-state index is 6.50. The minimum absolute atomic E-state index is 0.860. The van der Waals surface area contributed by atoms with E-state index in [2.05, 4.69) is 73.9 Å². The lowest BCUT2D eigenvalue weighted by Crippen LogP contribution is -2.02. The third-order valence-electron chi connectivity index (χ3n) is 5.50. The lowest BCUT2D eigenvalue weighted by molar-refractivity contribution is 0.642. The van der Waals surface area contributed by atoms with Crippen molar-refractivity contribution in [2.45, 2.75) is 0 Å². The number of para-hydroxylation sites is 2. The van der Waals surface area contributed by atoms with E-state index >= 15 is 0 Å². The number of fused-ring (bicyclic) bond motifs is 4. The Kier molecular flexibility index (Phi) is 4.39. The van der Waals surface area contributed by atoms with Crippen molar-refractivity contribution in [3.8, 4) is 0 Å². The molecule has 0 unspecified atom stereocenters. The van der Waals surface area contributed by atoms with Gasteiger partial charge in [-0.15, -0.1) is 0 Å². The molecule has 5 aromatic rings. The molecule has 0 N–H and O–H groups in total. The van der Waals surface area contributed by atoms with Gasteiger partial charge >= 0.3 is 0 Å². The standard InChI is InChI=1S/C27H18O2P/c1-2-11-20-19(9-1)10-7-14-21(20)24-15-8-18-27(24)30-28-25-16-5-3-12-22(25)23-13-4-6-17-26(23)29-30/h1-18H. The molecule has 3 heteroatoms. The van der Waals surface area contributed by atoms with Gasteiger partial charge in [-0.25, -0.2) is 0 Å². The van der Waals surface area contributed by atoms with Gasteiger partial charge in [0.2, 0.25) is 8.01 Å². The third kappa shape index (κ3) is 2.95. The van der Waals surface area contributed by atoms with Gasteiger partial charge in [-0.2, -0.15) is 0 Å². The van der Waals surface area contributed by atoms with E-state index in [4.69, 9.17) is 8.39 Å². The van der Waals surface area contributed by atoms with Crippen LogP contribution in [0.1, 0.15) is 5.56 Å². The monoisotopic (exact) mass is 405 g/mol. The van der Waals surface area contributed by atoms with Crippen LogP contribution in [-0.4, -0.2) is 0 Å². The van der Waals surface area contributed by atoms with Crippen LogP contribution in [-0.2, 0) is 0 Å². The molecule has 30 heavy (non-hydrogen) atoms. The summed E-state index contributed by atoms with van der Waals surface area (Å²) in [5.74, 6) is 1.16. The lowest BCUT2D eigenvalue weighted by Gasteiger charge is -2.18. The molecule has 1 fully saturated rings. The molecule has 0 spiro atoms. The fourth-order valence-electron chi connectivity index (χ4n) is 4.09. The molecule has 0 amide bonds. The first kappa shape index (κ1) is 17.9. The molecule has 143 valence electrons. The van der Waals surface area contributed by atoms with Gasteiger partial charge < -0.3 is 8.39 Å². The average molecular weight is 405 g/mol. The highest BCUT2D eigenvalue weighted by Crippen LogP contribution is 2.55. The first-order chi connectivity index (χ1) is 14.9. The van der Waals surface area contributed by atoms with Crippen LogP contribution in [0.4, 0.5) is 0 Å². The zero-order valence-electron chi connectivity index (χ0n) is 16.2. The molecule has 5 radical (unpaired) electrons. The number of hydrogen-bond donors (Lipinski definition) is 0. The fraction of sp³-hybridized carbons (Fsp3) is 0. The summed E-state index contributed by atoms with van der Waals surface area (Å²) in [6.45, 7) is 0. The smallest absolute Gasteiger partial charge is 0.226 e. The van der Waals surface area contributed by atoms with E-state index in [0.29, 0.717) is 0 Å². The Hall–Kier alpha value is -2.96. The molecule has 0 atom stereocenters. The third-order valence-corrected chi connectivity index (χ3v) is 7.00. The second-order valence-electron chi connectivity index (χ2n) is 7.28. The number of benzene rings is 4. The van der Waals surface area contributed by atoms with Crippen LogP contribution in [0.5, 0.6) is 0 Å². The molecule has 1 heterocycles. The quantitative estimate of drug-likeness (QED) is 0.297. The minimum atomic E-state index is -1.33. The Labute approximate surface area is 176 Å². The summed E-state index contributed by atoms with van der Waals surface area (Å²) in [5.41, 5.74) is 4.01. The second-order valence-corrected chi connectivity index (χ2v) is 8.64. The van der Waals surface area contributed by atoms with E-state index in [0.717, 1.165) is 33.5 Å². The summed E-state index contributed by atoms with van der Waals surface area (Å²) in [5, 5.41) is 4.60. The van der Waals surface area contributed by atoms with E-state index in [1.54, 1.807) is 0 Å². The molecule has 0 aliphatic heterocycles. The lowest BCUT2D eigenvalue weighted by atomic mass is 9.92. The average Bonchev–Trinajstić information content (AvgIpc) is 3.22. The zero-order valence-corrected chi connectivity index (χ0v) is 17.1. The van der Waals surface area contributed by atoms with Gasteiger partial charge in [0.1, 0.15) is 16.8 Å². The van der Waals surface area contributed by atoms with Crippen molar-refractivity contribution in [2.75, 3.05) is 0 Å². The van der Waals surface area contributed by atoms with Gasteiger partial charge in [-0.05, 0) is 47.7 Å². The molecule has 4 aromatic carbocycles. The number of rotatable bonds is 2. The molecule has 6 rings (SSSR count).